The van der Waals surface area contributed by atoms with Crippen molar-refractivity contribution in [1.82, 2.24) is 10.2 Å². The summed E-state index contributed by atoms with van der Waals surface area (Å²) in [5.41, 5.74) is -0.423. The van der Waals surface area contributed by atoms with Gasteiger partial charge in [-0.2, -0.15) is 5.26 Å². The van der Waals surface area contributed by atoms with Crippen molar-refractivity contribution in [3.8, 4) is 6.07 Å². The van der Waals surface area contributed by atoms with Gasteiger partial charge in [-0.1, -0.05) is 6.92 Å². The molecule has 0 aliphatic carbocycles. The van der Waals surface area contributed by atoms with Crippen molar-refractivity contribution >= 4 is 0 Å². The number of nitrogens with zero attached hydrogens (tertiary/aromatic N) is 2. The van der Waals surface area contributed by atoms with E-state index < -0.39 is 5.54 Å². The van der Waals surface area contributed by atoms with E-state index in [1.807, 2.05) is 6.92 Å². The highest BCUT2D eigenvalue weighted by Gasteiger charge is 2.23. The van der Waals surface area contributed by atoms with Crippen molar-refractivity contribution in [3.63, 3.8) is 0 Å². The second kappa shape index (κ2) is 11.9. The van der Waals surface area contributed by atoms with Crippen molar-refractivity contribution < 1.29 is 9.47 Å². The van der Waals surface area contributed by atoms with Gasteiger partial charge >= 0.3 is 0 Å². The number of nitrogens with one attached hydrogen (secondary N) is 1. The molecule has 21 heavy (non-hydrogen) atoms. The molecule has 5 heteroatoms. The lowest BCUT2D eigenvalue weighted by Gasteiger charge is -2.30. The number of nitriles is 1. The third-order valence-electron chi connectivity index (χ3n) is 3.75. The average Bonchev–Trinajstić information content (AvgIpc) is 2.48. The van der Waals surface area contributed by atoms with E-state index in [-0.39, 0.29) is 0 Å². The quantitative estimate of drug-likeness (QED) is 0.564. The van der Waals surface area contributed by atoms with Crippen LogP contribution >= 0.6 is 0 Å². The Morgan fingerprint density at radius 2 is 2.00 bits per heavy atom. The molecular formula is C16H33N3O2. The predicted molar refractivity (Wildman–Crippen MR) is 86.3 cm³/mol. The van der Waals surface area contributed by atoms with E-state index in [1.54, 1.807) is 14.2 Å². The van der Waals surface area contributed by atoms with Gasteiger partial charge < -0.3 is 9.47 Å². The van der Waals surface area contributed by atoms with Crippen LogP contribution in [0.1, 0.15) is 40.0 Å². The Balaban J connectivity index is 4.29. The van der Waals surface area contributed by atoms with Gasteiger partial charge in [-0.15, -0.1) is 0 Å². The molecule has 5 nitrogen and oxygen atoms in total. The first kappa shape index (κ1) is 20.3. The van der Waals surface area contributed by atoms with Crippen LogP contribution in [0.3, 0.4) is 0 Å². The first-order valence-corrected chi connectivity index (χ1v) is 7.91. The van der Waals surface area contributed by atoms with E-state index in [2.05, 4.69) is 30.1 Å². The zero-order valence-electron chi connectivity index (χ0n) is 14.4. The Hall–Kier alpha value is -0.670. The molecule has 0 amide bonds. The SMILES string of the molecule is CCCNC(C)(C#N)CCCN(CCOC)C(C)COC. The number of hydrogen-bond donors (Lipinski definition) is 1. The summed E-state index contributed by atoms with van der Waals surface area (Å²) in [7, 11) is 3.45. The first-order valence-electron chi connectivity index (χ1n) is 7.91. The highest BCUT2D eigenvalue weighted by Crippen LogP contribution is 2.13. The fraction of sp³-hybridized carbons (Fsp3) is 0.938. The maximum Gasteiger partial charge on any atom is 0.103 e. The molecule has 124 valence electrons. The Kier molecular flexibility index (Phi) is 11.6. The summed E-state index contributed by atoms with van der Waals surface area (Å²) in [4.78, 5) is 2.37. The Labute approximate surface area is 130 Å². The van der Waals surface area contributed by atoms with Crippen LogP contribution in [0.5, 0.6) is 0 Å². The van der Waals surface area contributed by atoms with Crippen LogP contribution in [0.4, 0.5) is 0 Å². The molecule has 0 spiro atoms. The summed E-state index contributed by atoms with van der Waals surface area (Å²) in [5, 5.41) is 12.7. The molecule has 0 aromatic heterocycles. The number of ether oxygens (including phenoxy) is 2. The minimum Gasteiger partial charge on any atom is -0.383 e. The Bertz CT molecular complexity index is 294. The van der Waals surface area contributed by atoms with Crippen LogP contribution in [0.25, 0.3) is 0 Å². The van der Waals surface area contributed by atoms with Gasteiger partial charge in [-0.3, -0.25) is 10.2 Å². The lowest BCUT2D eigenvalue weighted by atomic mass is 9.97. The molecule has 1 N–H and O–H groups in total. The van der Waals surface area contributed by atoms with Crippen molar-refractivity contribution in [2.45, 2.75) is 51.6 Å². The highest BCUT2D eigenvalue weighted by molar-refractivity contribution is 5.03. The Morgan fingerprint density at radius 3 is 2.52 bits per heavy atom. The number of rotatable bonds is 13. The highest BCUT2D eigenvalue weighted by atomic mass is 16.5. The molecule has 0 saturated heterocycles. The molecule has 0 aromatic carbocycles. The number of hydrogen-bond acceptors (Lipinski definition) is 5. The van der Waals surface area contributed by atoms with Gasteiger partial charge in [0.15, 0.2) is 0 Å². The van der Waals surface area contributed by atoms with Crippen molar-refractivity contribution in [2.24, 2.45) is 0 Å². The molecule has 0 aliphatic rings. The lowest BCUT2D eigenvalue weighted by Crippen LogP contribution is -2.43. The summed E-state index contributed by atoms with van der Waals surface area (Å²) >= 11 is 0. The monoisotopic (exact) mass is 299 g/mol. The third kappa shape index (κ3) is 9.05. The van der Waals surface area contributed by atoms with Gasteiger partial charge in [-0.25, -0.2) is 0 Å². The van der Waals surface area contributed by atoms with E-state index in [0.29, 0.717) is 12.6 Å². The summed E-state index contributed by atoms with van der Waals surface area (Å²) in [6, 6.07) is 2.77. The molecule has 0 aliphatic heterocycles. The van der Waals surface area contributed by atoms with E-state index in [4.69, 9.17) is 9.47 Å². The minimum absolute atomic E-state index is 0.363. The van der Waals surface area contributed by atoms with Gasteiger partial charge in [0.25, 0.3) is 0 Å². The molecule has 0 heterocycles. The molecule has 0 saturated carbocycles. The largest absolute Gasteiger partial charge is 0.383 e. The third-order valence-corrected chi connectivity index (χ3v) is 3.75. The molecule has 0 radical (unpaired) electrons. The van der Waals surface area contributed by atoms with Gasteiger partial charge in [-0.05, 0) is 46.2 Å². The fourth-order valence-corrected chi connectivity index (χ4v) is 2.33. The van der Waals surface area contributed by atoms with Gasteiger partial charge in [0.1, 0.15) is 5.54 Å². The van der Waals surface area contributed by atoms with Crippen LogP contribution in [0.2, 0.25) is 0 Å². The Morgan fingerprint density at radius 1 is 1.29 bits per heavy atom. The van der Waals surface area contributed by atoms with Crippen LogP contribution in [-0.4, -0.2) is 63.5 Å². The second-order valence-corrected chi connectivity index (χ2v) is 5.81. The van der Waals surface area contributed by atoms with Gasteiger partial charge in [0.2, 0.25) is 0 Å². The van der Waals surface area contributed by atoms with Crippen LogP contribution < -0.4 is 5.32 Å². The molecule has 0 bridgehead atoms. The molecule has 2 atom stereocenters. The van der Waals surface area contributed by atoms with E-state index in [0.717, 1.165) is 45.5 Å². The van der Waals surface area contributed by atoms with Crippen LogP contribution in [-0.2, 0) is 9.47 Å². The van der Waals surface area contributed by atoms with E-state index in [1.165, 1.54) is 0 Å². The maximum atomic E-state index is 9.35. The van der Waals surface area contributed by atoms with Gasteiger partial charge in [0, 0.05) is 26.8 Å². The normalized spacial score (nSPS) is 15.7. The minimum atomic E-state index is -0.423. The summed E-state index contributed by atoms with van der Waals surface area (Å²) in [6.07, 6.45) is 2.88. The van der Waals surface area contributed by atoms with Crippen LogP contribution in [0.15, 0.2) is 0 Å². The summed E-state index contributed by atoms with van der Waals surface area (Å²) in [6.45, 7) is 10.4. The maximum absolute atomic E-state index is 9.35. The summed E-state index contributed by atoms with van der Waals surface area (Å²) < 4.78 is 10.4. The number of methoxy groups -OCH3 is 2. The predicted octanol–water partition coefficient (Wildman–Crippen LogP) is 2.03. The van der Waals surface area contributed by atoms with E-state index in [9.17, 15) is 5.26 Å². The molecule has 0 fully saturated rings. The molecule has 0 rings (SSSR count). The second-order valence-electron chi connectivity index (χ2n) is 5.81. The molecular weight excluding hydrogens is 266 g/mol. The van der Waals surface area contributed by atoms with Gasteiger partial charge in [0.05, 0.1) is 19.3 Å². The first-order chi connectivity index (χ1) is 10.0. The average molecular weight is 299 g/mol. The lowest BCUT2D eigenvalue weighted by molar-refractivity contribution is 0.0731. The topological polar surface area (TPSA) is 57.5 Å². The standard InChI is InChI=1S/C16H33N3O2/c1-6-9-18-16(3,14-17)8-7-10-19(11-12-20-4)15(2)13-21-5/h15,18H,6-13H2,1-5H3. The van der Waals surface area contributed by atoms with Crippen molar-refractivity contribution in [2.75, 3.05) is 47.1 Å². The van der Waals surface area contributed by atoms with Crippen LogP contribution in [0, 0.1) is 11.3 Å². The fourth-order valence-electron chi connectivity index (χ4n) is 2.33. The smallest absolute Gasteiger partial charge is 0.103 e. The summed E-state index contributed by atoms with van der Waals surface area (Å²) in [5.74, 6) is 0. The zero-order chi connectivity index (χ0) is 16.1. The van der Waals surface area contributed by atoms with Crippen molar-refractivity contribution in [3.05, 3.63) is 0 Å². The molecule has 2 unspecified atom stereocenters. The van der Waals surface area contributed by atoms with Crippen molar-refractivity contribution in [1.29, 1.82) is 5.26 Å². The van der Waals surface area contributed by atoms with E-state index >= 15 is 0 Å². The zero-order valence-corrected chi connectivity index (χ0v) is 14.4. The molecule has 0 aromatic rings.